The van der Waals surface area contributed by atoms with Gasteiger partial charge in [0.2, 0.25) is 5.95 Å². The fourth-order valence-corrected chi connectivity index (χ4v) is 1.74. The predicted molar refractivity (Wildman–Crippen MR) is 77.5 cm³/mol. The molecular weight excluding hydrogens is 276 g/mol. The SMILES string of the molecule is CCCCCNc1nncc(Nc2ccc(F)c(F)c2)n1. The molecule has 0 aliphatic rings. The fourth-order valence-electron chi connectivity index (χ4n) is 1.74. The highest BCUT2D eigenvalue weighted by Gasteiger charge is 2.04. The lowest BCUT2D eigenvalue weighted by Gasteiger charge is -2.07. The number of hydrogen-bond donors (Lipinski definition) is 2. The van der Waals surface area contributed by atoms with E-state index in [0.717, 1.165) is 37.9 Å². The van der Waals surface area contributed by atoms with Crippen molar-refractivity contribution in [3.05, 3.63) is 36.0 Å². The summed E-state index contributed by atoms with van der Waals surface area (Å²) in [6, 6.07) is 3.54. The van der Waals surface area contributed by atoms with E-state index in [2.05, 4.69) is 32.7 Å². The zero-order valence-corrected chi connectivity index (χ0v) is 11.7. The molecule has 0 bridgehead atoms. The summed E-state index contributed by atoms with van der Waals surface area (Å²) in [4.78, 5) is 4.21. The molecule has 1 aromatic heterocycles. The van der Waals surface area contributed by atoms with Gasteiger partial charge in [-0.15, -0.1) is 5.10 Å². The summed E-state index contributed by atoms with van der Waals surface area (Å²) in [5, 5.41) is 13.6. The molecule has 0 fully saturated rings. The summed E-state index contributed by atoms with van der Waals surface area (Å²) < 4.78 is 26.0. The lowest BCUT2D eigenvalue weighted by molar-refractivity contribution is 0.509. The van der Waals surface area contributed by atoms with E-state index in [1.165, 1.54) is 12.3 Å². The van der Waals surface area contributed by atoms with Gasteiger partial charge in [-0.2, -0.15) is 10.1 Å². The van der Waals surface area contributed by atoms with Gasteiger partial charge in [-0.25, -0.2) is 8.78 Å². The Morgan fingerprint density at radius 2 is 2.00 bits per heavy atom. The standard InChI is InChI=1S/C14H17F2N5/c1-2-3-4-7-17-14-20-13(9-18-21-14)19-10-5-6-11(15)12(16)8-10/h5-6,8-9H,2-4,7H2,1H3,(H2,17,19,20,21). The van der Waals surface area contributed by atoms with Gasteiger partial charge in [0, 0.05) is 18.3 Å². The second-order valence-electron chi connectivity index (χ2n) is 4.55. The maximum Gasteiger partial charge on any atom is 0.244 e. The summed E-state index contributed by atoms with van der Waals surface area (Å²) in [6.07, 6.45) is 4.71. The van der Waals surface area contributed by atoms with Crippen LogP contribution in [0.4, 0.5) is 26.2 Å². The normalized spacial score (nSPS) is 10.4. The highest BCUT2D eigenvalue weighted by Crippen LogP contribution is 2.17. The van der Waals surface area contributed by atoms with Crippen molar-refractivity contribution < 1.29 is 8.78 Å². The van der Waals surface area contributed by atoms with Gasteiger partial charge in [-0.05, 0) is 18.6 Å². The molecule has 2 N–H and O–H groups in total. The highest BCUT2D eigenvalue weighted by atomic mass is 19.2. The third-order valence-corrected chi connectivity index (χ3v) is 2.81. The Balaban J connectivity index is 1.98. The zero-order valence-electron chi connectivity index (χ0n) is 11.7. The Hall–Kier alpha value is -2.31. The van der Waals surface area contributed by atoms with Crippen LogP contribution in [-0.4, -0.2) is 21.7 Å². The van der Waals surface area contributed by atoms with Crippen LogP contribution in [0.2, 0.25) is 0 Å². The topological polar surface area (TPSA) is 62.7 Å². The van der Waals surface area contributed by atoms with Crippen LogP contribution >= 0.6 is 0 Å². The summed E-state index contributed by atoms with van der Waals surface area (Å²) in [5.41, 5.74) is 0.395. The van der Waals surface area contributed by atoms with Crippen molar-refractivity contribution in [1.82, 2.24) is 15.2 Å². The molecule has 0 saturated heterocycles. The molecule has 0 amide bonds. The smallest absolute Gasteiger partial charge is 0.244 e. The van der Waals surface area contributed by atoms with Crippen molar-refractivity contribution in [2.75, 3.05) is 17.2 Å². The van der Waals surface area contributed by atoms with E-state index in [1.54, 1.807) is 0 Å². The minimum atomic E-state index is -0.917. The maximum atomic E-state index is 13.1. The van der Waals surface area contributed by atoms with Crippen molar-refractivity contribution in [3.8, 4) is 0 Å². The third kappa shape index (κ3) is 4.62. The van der Waals surface area contributed by atoms with Gasteiger partial charge in [0.05, 0.1) is 6.20 Å². The summed E-state index contributed by atoms with van der Waals surface area (Å²) >= 11 is 0. The zero-order chi connectivity index (χ0) is 15.1. The highest BCUT2D eigenvalue weighted by molar-refractivity contribution is 5.56. The van der Waals surface area contributed by atoms with Crippen LogP contribution in [0.1, 0.15) is 26.2 Å². The van der Waals surface area contributed by atoms with Gasteiger partial charge >= 0.3 is 0 Å². The average molecular weight is 293 g/mol. The van der Waals surface area contributed by atoms with Crippen LogP contribution < -0.4 is 10.6 Å². The molecule has 0 atom stereocenters. The third-order valence-electron chi connectivity index (χ3n) is 2.81. The van der Waals surface area contributed by atoms with Crippen molar-refractivity contribution in [1.29, 1.82) is 0 Å². The van der Waals surface area contributed by atoms with Gasteiger partial charge in [-0.1, -0.05) is 19.8 Å². The fraction of sp³-hybridized carbons (Fsp3) is 0.357. The molecule has 7 heteroatoms. The molecular formula is C14H17F2N5. The molecule has 2 aromatic rings. The van der Waals surface area contributed by atoms with Crippen LogP contribution in [0.5, 0.6) is 0 Å². The molecule has 21 heavy (non-hydrogen) atoms. The van der Waals surface area contributed by atoms with Gasteiger partial charge in [0.25, 0.3) is 0 Å². The monoisotopic (exact) mass is 293 g/mol. The van der Waals surface area contributed by atoms with Crippen molar-refractivity contribution >= 4 is 17.5 Å². The van der Waals surface area contributed by atoms with E-state index in [1.807, 2.05) is 0 Å². The van der Waals surface area contributed by atoms with Crippen LogP contribution in [0.15, 0.2) is 24.4 Å². The second kappa shape index (κ2) is 7.47. The second-order valence-corrected chi connectivity index (χ2v) is 4.55. The first kappa shape index (κ1) is 15.1. The number of aromatic nitrogens is 3. The Morgan fingerprint density at radius 1 is 1.14 bits per heavy atom. The molecule has 1 aromatic carbocycles. The molecule has 1 heterocycles. The van der Waals surface area contributed by atoms with E-state index in [4.69, 9.17) is 0 Å². The molecule has 112 valence electrons. The first-order valence-electron chi connectivity index (χ1n) is 6.84. The number of anilines is 3. The first-order valence-corrected chi connectivity index (χ1v) is 6.84. The van der Waals surface area contributed by atoms with Crippen molar-refractivity contribution in [3.63, 3.8) is 0 Å². The number of benzene rings is 1. The molecule has 5 nitrogen and oxygen atoms in total. The number of nitrogens with zero attached hydrogens (tertiary/aromatic N) is 3. The van der Waals surface area contributed by atoms with E-state index in [9.17, 15) is 8.78 Å². The number of nitrogens with one attached hydrogen (secondary N) is 2. The maximum absolute atomic E-state index is 13.1. The van der Waals surface area contributed by atoms with Crippen molar-refractivity contribution in [2.24, 2.45) is 0 Å². The number of unbranched alkanes of at least 4 members (excludes halogenated alkanes) is 2. The molecule has 0 aliphatic heterocycles. The Kier molecular flexibility index (Phi) is 5.36. The lowest BCUT2D eigenvalue weighted by atomic mass is 10.2. The summed E-state index contributed by atoms with van der Waals surface area (Å²) in [7, 11) is 0. The Bertz CT molecular complexity index is 591. The van der Waals surface area contributed by atoms with Gasteiger partial charge < -0.3 is 10.6 Å². The van der Waals surface area contributed by atoms with Gasteiger partial charge in [-0.3, -0.25) is 0 Å². The van der Waals surface area contributed by atoms with E-state index in [-0.39, 0.29) is 0 Å². The van der Waals surface area contributed by atoms with E-state index in [0.29, 0.717) is 17.5 Å². The number of halogens is 2. The molecule has 2 rings (SSSR count). The largest absolute Gasteiger partial charge is 0.353 e. The Morgan fingerprint density at radius 3 is 2.76 bits per heavy atom. The summed E-state index contributed by atoms with van der Waals surface area (Å²) in [5.74, 6) is -0.993. The molecule has 0 aliphatic carbocycles. The predicted octanol–water partition coefficient (Wildman–Crippen LogP) is 3.50. The minimum Gasteiger partial charge on any atom is -0.353 e. The van der Waals surface area contributed by atoms with E-state index >= 15 is 0 Å². The van der Waals surface area contributed by atoms with Crippen LogP contribution in [0, 0.1) is 11.6 Å². The Labute approximate surface area is 121 Å². The summed E-state index contributed by atoms with van der Waals surface area (Å²) in [6.45, 7) is 2.90. The number of hydrogen-bond acceptors (Lipinski definition) is 5. The number of rotatable bonds is 7. The lowest BCUT2D eigenvalue weighted by Crippen LogP contribution is -2.07. The quantitative estimate of drug-likeness (QED) is 0.765. The van der Waals surface area contributed by atoms with Gasteiger partial charge in [0.15, 0.2) is 17.5 Å². The van der Waals surface area contributed by atoms with Crippen LogP contribution in [0.3, 0.4) is 0 Å². The van der Waals surface area contributed by atoms with E-state index < -0.39 is 11.6 Å². The molecule has 0 radical (unpaired) electrons. The van der Waals surface area contributed by atoms with Crippen molar-refractivity contribution in [2.45, 2.75) is 26.2 Å². The molecule has 0 spiro atoms. The molecule has 0 saturated carbocycles. The molecule has 0 unspecified atom stereocenters. The van der Waals surface area contributed by atoms with Gasteiger partial charge in [0.1, 0.15) is 0 Å². The van der Waals surface area contributed by atoms with Crippen LogP contribution in [-0.2, 0) is 0 Å². The minimum absolute atomic E-state index is 0.395. The van der Waals surface area contributed by atoms with Crippen LogP contribution in [0.25, 0.3) is 0 Å². The first-order chi connectivity index (χ1) is 10.2. The average Bonchev–Trinajstić information content (AvgIpc) is 2.48.